The van der Waals surface area contributed by atoms with Gasteiger partial charge in [-0.15, -0.1) is 0 Å². The molecule has 45 heavy (non-hydrogen) atoms. The summed E-state index contributed by atoms with van der Waals surface area (Å²) in [6, 6.07) is -0.255. The second kappa shape index (κ2) is 30.4. The minimum absolute atomic E-state index is 0.118. The second-order valence-electron chi connectivity index (χ2n) is 14.9. The Morgan fingerprint density at radius 3 is 1.18 bits per heavy atom. The van der Waals surface area contributed by atoms with Crippen molar-refractivity contribution in [3.05, 3.63) is 0 Å². The van der Waals surface area contributed by atoms with Crippen LogP contribution >= 0.6 is 0 Å². The molecule has 266 valence electrons. The summed E-state index contributed by atoms with van der Waals surface area (Å²) in [6.07, 6.45) is 36.6. The van der Waals surface area contributed by atoms with Gasteiger partial charge in [-0.2, -0.15) is 0 Å². The topological polar surface area (TPSA) is 46.6 Å². The molecule has 0 N–H and O–H groups in total. The molecule has 1 aliphatic rings. The number of Topliss-reactive ketones (excluding diaryl/α,β-unsaturated/α-hetero) is 1. The third-order valence-electron chi connectivity index (χ3n) is 10.5. The summed E-state index contributed by atoms with van der Waals surface area (Å²) >= 11 is 0. The predicted molar refractivity (Wildman–Crippen MR) is 195 cm³/mol. The van der Waals surface area contributed by atoms with Crippen molar-refractivity contribution in [1.29, 1.82) is 0 Å². The first-order valence-electron chi connectivity index (χ1n) is 20.4. The number of hydrogen-bond donors (Lipinski definition) is 0. The average Bonchev–Trinajstić information content (AvgIpc) is 3.36. The molecule has 1 fully saturated rings. The molecular formula is C41H79NO3. The van der Waals surface area contributed by atoms with Gasteiger partial charge in [0.2, 0.25) is 0 Å². The smallest absolute Gasteiger partial charge is 0.305 e. The maximum atomic E-state index is 13.3. The van der Waals surface area contributed by atoms with Crippen LogP contribution in [0.25, 0.3) is 0 Å². The normalized spacial score (nSPS) is 17.6. The van der Waals surface area contributed by atoms with Crippen molar-refractivity contribution in [2.75, 3.05) is 19.7 Å². The Bertz CT molecular complexity index is 670. The van der Waals surface area contributed by atoms with Crippen LogP contribution in [0.15, 0.2) is 0 Å². The molecular weight excluding hydrogens is 554 g/mol. The molecule has 0 bridgehead atoms. The fourth-order valence-corrected chi connectivity index (χ4v) is 7.02. The zero-order valence-electron chi connectivity index (χ0n) is 31.0. The molecule has 1 aliphatic heterocycles. The van der Waals surface area contributed by atoms with E-state index in [0.717, 1.165) is 38.8 Å². The van der Waals surface area contributed by atoms with Crippen LogP contribution in [0.5, 0.6) is 0 Å². The van der Waals surface area contributed by atoms with Crippen LogP contribution in [0.3, 0.4) is 0 Å². The van der Waals surface area contributed by atoms with Gasteiger partial charge in [0.15, 0.2) is 5.78 Å². The van der Waals surface area contributed by atoms with Crippen LogP contribution in [0.4, 0.5) is 0 Å². The summed E-state index contributed by atoms with van der Waals surface area (Å²) in [5.41, 5.74) is 0. The molecule has 0 radical (unpaired) electrons. The van der Waals surface area contributed by atoms with Crippen molar-refractivity contribution in [3.8, 4) is 0 Å². The van der Waals surface area contributed by atoms with E-state index in [9.17, 15) is 9.59 Å². The van der Waals surface area contributed by atoms with Crippen molar-refractivity contribution in [2.24, 2.45) is 11.8 Å². The molecule has 4 heteroatoms. The summed E-state index contributed by atoms with van der Waals surface area (Å²) in [5, 5.41) is 0. The van der Waals surface area contributed by atoms with Crippen LogP contribution in [-0.4, -0.2) is 42.4 Å². The maximum Gasteiger partial charge on any atom is 0.305 e. The van der Waals surface area contributed by atoms with Crippen molar-refractivity contribution < 1.29 is 14.3 Å². The molecule has 0 aromatic carbocycles. The van der Waals surface area contributed by atoms with Gasteiger partial charge in [-0.25, -0.2) is 0 Å². The molecule has 1 unspecified atom stereocenters. The SMILES string of the molecule is CCCCCCCCCCCCCCCCCC(=O)C(COC(=O)CCCCCCCCCCCCCC)N1C[C@@H](C)[C@@H](C)C1. The van der Waals surface area contributed by atoms with Gasteiger partial charge in [-0.05, 0) is 24.7 Å². The molecule has 0 saturated carbocycles. The minimum Gasteiger partial charge on any atom is -0.464 e. The van der Waals surface area contributed by atoms with E-state index in [1.54, 1.807) is 0 Å². The van der Waals surface area contributed by atoms with Gasteiger partial charge in [0, 0.05) is 25.9 Å². The molecule has 0 aromatic rings. The fourth-order valence-electron chi connectivity index (χ4n) is 7.02. The molecule has 1 heterocycles. The molecule has 3 atom stereocenters. The summed E-state index contributed by atoms with van der Waals surface area (Å²) in [7, 11) is 0. The van der Waals surface area contributed by atoms with E-state index in [0.29, 0.717) is 24.7 Å². The molecule has 0 amide bonds. The summed E-state index contributed by atoms with van der Waals surface area (Å²) < 4.78 is 5.74. The minimum atomic E-state index is -0.255. The Labute approximate surface area is 282 Å². The van der Waals surface area contributed by atoms with E-state index in [1.807, 2.05) is 0 Å². The Morgan fingerprint density at radius 1 is 0.511 bits per heavy atom. The number of carbonyl (C=O) groups is 2. The van der Waals surface area contributed by atoms with Gasteiger partial charge in [-0.1, -0.05) is 188 Å². The van der Waals surface area contributed by atoms with E-state index >= 15 is 0 Å². The number of ether oxygens (including phenoxy) is 1. The predicted octanol–water partition coefficient (Wildman–Crippen LogP) is 12.4. The standard InChI is InChI=1S/C41H79NO3/c1-5-7-9-11-13-15-17-19-20-21-22-24-26-28-30-32-40(43)39(42-34-37(3)38(4)35-42)36-45-41(44)33-31-29-27-25-23-18-16-14-12-10-8-6-2/h37-39H,5-36H2,1-4H3/t37-,38+,39?. The summed E-state index contributed by atoms with van der Waals surface area (Å²) in [5.74, 6) is 1.34. The van der Waals surface area contributed by atoms with Gasteiger partial charge in [-0.3, -0.25) is 14.5 Å². The monoisotopic (exact) mass is 634 g/mol. The molecule has 4 nitrogen and oxygen atoms in total. The Kier molecular flexibility index (Phi) is 28.5. The van der Waals surface area contributed by atoms with Gasteiger partial charge in [0.1, 0.15) is 12.6 Å². The zero-order chi connectivity index (χ0) is 32.8. The largest absolute Gasteiger partial charge is 0.464 e. The van der Waals surface area contributed by atoms with E-state index in [2.05, 4.69) is 32.6 Å². The van der Waals surface area contributed by atoms with Crippen LogP contribution in [0.1, 0.15) is 214 Å². The third kappa shape index (κ3) is 24.0. The molecule has 1 saturated heterocycles. The van der Waals surface area contributed by atoms with Gasteiger partial charge in [0.05, 0.1) is 0 Å². The maximum absolute atomic E-state index is 13.3. The fraction of sp³-hybridized carbons (Fsp3) is 0.951. The van der Waals surface area contributed by atoms with Gasteiger partial charge >= 0.3 is 5.97 Å². The number of rotatable bonds is 33. The molecule has 0 aromatic heterocycles. The summed E-state index contributed by atoms with van der Waals surface area (Å²) in [6.45, 7) is 11.2. The van der Waals surface area contributed by atoms with Crippen LogP contribution in [0, 0.1) is 11.8 Å². The number of nitrogens with zero attached hydrogens (tertiary/aromatic N) is 1. The molecule has 0 spiro atoms. The van der Waals surface area contributed by atoms with Crippen molar-refractivity contribution >= 4 is 11.8 Å². The highest BCUT2D eigenvalue weighted by Gasteiger charge is 2.35. The number of carbonyl (C=O) groups excluding carboxylic acids is 2. The number of hydrogen-bond acceptors (Lipinski definition) is 4. The molecule has 1 rings (SSSR count). The Morgan fingerprint density at radius 2 is 0.822 bits per heavy atom. The first-order chi connectivity index (χ1) is 22.0. The Hall–Kier alpha value is -0.900. The number of ketones is 1. The van der Waals surface area contributed by atoms with E-state index in [-0.39, 0.29) is 24.4 Å². The van der Waals surface area contributed by atoms with E-state index < -0.39 is 0 Å². The number of likely N-dealkylation sites (tertiary alicyclic amines) is 1. The van der Waals surface area contributed by atoms with Crippen LogP contribution in [-0.2, 0) is 14.3 Å². The quantitative estimate of drug-likeness (QED) is 0.0533. The highest BCUT2D eigenvalue weighted by Crippen LogP contribution is 2.25. The number of unbranched alkanes of at least 4 members (excludes halogenated alkanes) is 25. The second-order valence-corrected chi connectivity index (χ2v) is 14.9. The van der Waals surface area contributed by atoms with Crippen molar-refractivity contribution in [2.45, 2.75) is 220 Å². The highest BCUT2D eigenvalue weighted by molar-refractivity contribution is 5.84. The molecule has 0 aliphatic carbocycles. The van der Waals surface area contributed by atoms with Crippen molar-refractivity contribution in [3.63, 3.8) is 0 Å². The van der Waals surface area contributed by atoms with Crippen LogP contribution in [0.2, 0.25) is 0 Å². The lowest BCUT2D eigenvalue weighted by molar-refractivity contribution is -0.147. The lowest BCUT2D eigenvalue weighted by Crippen LogP contribution is -2.43. The lowest BCUT2D eigenvalue weighted by Gasteiger charge is -2.26. The lowest BCUT2D eigenvalue weighted by atomic mass is 10.0. The zero-order valence-corrected chi connectivity index (χ0v) is 31.0. The van der Waals surface area contributed by atoms with Gasteiger partial charge < -0.3 is 4.74 Å². The van der Waals surface area contributed by atoms with E-state index in [4.69, 9.17) is 4.74 Å². The first kappa shape index (κ1) is 42.1. The highest BCUT2D eigenvalue weighted by atomic mass is 16.5. The van der Waals surface area contributed by atoms with Crippen LogP contribution < -0.4 is 0 Å². The summed E-state index contributed by atoms with van der Waals surface area (Å²) in [4.78, 5) is 28.2. The van der Waals surface area contributed by atoms with Gasteiger partial charge in [0.25, 0.3) is 0 Å². The Balaban J connectivity index is 2.14. The number of esters is 1. The average molecular weight is 634 g/mol. The third-order valence-corrected chi connectivity index (χ3v) is 10.5. The van der Waals surface area contributed by atoms with Crippen molar-refractivity contribution in [1.82, 2.24) is 4.90 Å². The first-order valence-corrected chi connectivity index (χ1v) is 20.4. The van der Waals surface area contributed by atoms with E-state index in [1.165, 1.54) is 148 Å².